The van der Waals surface area contributed by atoms with Crippen molar-refractivity contribution in [1.29, 1.82) is 0 Å². The first kappa shape index (κ1) is 13.4. The van der Waals surface area contributed by atoms with E-state index in [9.17, 15) is 13.6 Å². The van der Waals surface area contributed by atoms with E-state index in [1.54, 1.807) is 4.90 Å². The van der Waals surface area contributed by atoms with Gasteiger partial charge in [-0.1, -0.05) is 0 Å². The highest BCUT2D eigenvalue weighted by Crippen LogP contribution is 2.42. The molecular formula is C16H14F2N2O2. The van der Waals surface area contributed by atoms with Gasteiger partial charge in [-0.3, -0.25) is 4.79 Å². The highest BCUT2D eigenvalue weighted by Gasteiger charge is 2.37. The molecule has 0 bridgehead atoms. The molecule has 4 nitrogen and oxygen atoms in total. The summed E-state index contributed by atoms with van der Waals surface area (Å²) in [6, 6.07) is 2.88. The minimum atomic E-state index is -2.59. The van der Waals surface area contributed by atoms with Gasteiger partial charge in [0.15, 0.2) is 12.2 Å². The van der Waals surface area contributed by atoms with Gasteiger partial charge in [0.1, 0.15) is 0 Å². The van der Waals surface area contributed by atoms with Crippen LogP contribution >= 0.6 is 0 Å². The highest BCUT2D eigenvalue weighted by molar-refractivity contribution is 5.99. The first-order chi connectivity index (χ1) is 10.6. The van der Waals surface area contributed by atoms with Crippen LogP contribution in [0.4, 0.5) is 14.5 Å². The lowest BCUT2D eigenvalue weighted by Crippen LogP contribution is -2.30. The highest BCUT2D eigenvalue weighted by atomic mass is 19.3. The van der Waals surface area contributed by atoms with Gasteiger partial charge in [-0.15, -0.1) is 0 Å². The largest absolute Gasteiger partial charge is 0.444 e. The lowest BCUT2D eigenvalue weighted by Gasteiger charge is -2.18. The van der Waals surface area contributed by atoms with E-state index in [0.717, 1.165) is 18.4 Å². The summed E-state index contributed by atoms with van der Waals surface area (Å²) in [5.41, 5.74) is 1.99. The smallest absolute Gasteiger partial charge is 0.263 e. The Hall–Kier alpha value is -2.24. The second-order valence-electron chi connectivity index (χ2n) is 5.75. The Bertz CT molecular complexity index is 724. The third-order valence-electron chi connectivity index (χ3n) is 4.27. The van der Waals surface area contributed by atoms with Crippen molar-refractivity contribution < 1.29 is 18.0 Å². The average Bonchev–Trinajstić information content (AvgIpc) is 3.05. The Morgan fingerprint density at radius 1 is 1.36 bits per heavy atom. The number of amides is 1. The number of nitrogens with zero attached hydrogens (tertiary/aromatic N) is 2. The van der Waals surface area contributed by atoms with Gasteiger partial charge in [0, 0.05) is 29.3 Å². The fourth-order valence-corrected chi connectivity index (χ4v) is 3.00. The van der Waals surface area contributed by atoms with Gasteiger partial charge in [0.2, 0.25) is 5.91 Å². The number of hydrogen-bond donors (Lipinski definition) is 0. The molecule has 1 saturated carbocycles. The zero-order valence-corrected chi connectivity index (χ0v) is 11.8. The maximum atomic E-state index is 13.2. The summed E-state index contributed by atoms with van der Waals surface area (Å²) in [6.07, 6.45) is 2.63. The van der Waals surface area contributed by atoms with Gasteiger partial charge in [-0.25, -0.2) is 13.8 Å². The number of halogens is 2. The number of carbonyl (C=O) groups excluding carboxylic acids is 1. The Labute approximate surface area is 125 Å². The monoisotopic (exact) mass is 304 g/mol. The quantitative estimate of drug-likeness (QED) is 0.870. The van der Waals surface area contributed by atoms with Crippen LogP contribution in [0.3, 0.4) is 0 Å². The molecular weight excluding hydrogens is 290 g/mol. The molecule has 22 heavy (non-hydrogen) atoms. The Kier molecular flexibility index (Phi) is 2.99. The van der Waals surface area contributed by atoms with E-state index in [1.165, 1.54) is 24.7 Å². The van der Waals surface area contributed by atoms with Gasteiger partial charge >= 0.3 is 0 Å². The normalized spacial score (nSPS) is 17.1. The molecule has 0 atom stereocenters. The SMILES string of the molecule is O=C(C1CC1)N1CCc2c(-c3cnco3)cc(C(F)F)cc21. The molecule has 4 rings (SSSR count). The Morgan fingerprint density at radius 2 is 2.18 bits per heavy atom. The van der Waals surface area contributed by atoms with E-state index in [-0.39, 0.29) is 17.4 Å². The van der Waals surface area contributed by atoms with E-state index in [1.807, 2.05) is 0 Å². The zero-order chi connectivity index (χ0) is 15.3. The van der Waals surface area contributed by atoms with Crippen LogP contribution in [0.5, 0.6) is 0 Å². The second kappa shape index (κ2) is 4.90. The molecule has 1 amide bonds. The minimum Gasteiger partial charge on any atom is -0.444 e. The van der Waals surface area contributed by atoms with Gasteiger partial charge in [0.05, 0.1) is 6.20 Å². The topological polar surface area (TPSA) is 46.3 Å². The molecule has 6 heteroatoms. The van der Waals surface area contributed by atoms with E-state index in [0.29, 0.717) is 30.0 Å². The Morgan fingerprint density at radius 3 is 2.82 bits per heavy atom. The van der Waals surface area contributed by atoms with E-state index in [2.05, 4.69) is 4.98 Å². The number of carbonyl (C=O) groups is 1. The summed E-state index contributed by atoms with van der Waals surface area (Å²) in [5, 5.41) is 0. The van der Waals surface area contributed by atoms with Crippen LogP contribution in [0.1, 0.15) is 30.4 Å². The van der Waals surface area contributed by atoms with Gasteiger partial charge in [0.25, 0.3) is 6.43 Å². The maximum Gasteiger partial charge on any atom is 0.263 e. The van der Waals surface area contributed by atoms with Gasteiger partial charge in [-0.05, 0) is 37.0 Å². The van der Waals surface area contributed by atoms with Crippen molar-refractivity contribution in [3.8, 4) is 11.3 Å². The number of fused-ring (bicyclic) bond motifs is 1. The van der Waals surface area contributed by atoms with Crippen molar-refractivity contribution in [1.82, 2.24) is 4.98 Å². The van der Waals surface area contributed by atoms with E-state index in [4.69, 9.17) is 4.42 Å². The van der Waals surface area contributed by atoms with E-state index < -0.39 is 6.43 Å². The third kappa shape index (κ3) is 2.10. The number of aromatic nitrogens is 1. The lowest BCUT2D eigenvalue weighted by atomic mass is 9.99. The number of oxazole rings is 1. The first-order valence-corrected chi connectivity index (χ1v) is 7.30. The summed E-state index contributed by atoms with van der Waals surface area (Å²) >= 11 is 0. The fourth-order valence-electron chi connectivity index (χ4n) is 3.00. The van der Waals surface area contributed by atoms with Crippen molar-refractivity contribution in [3.63, 3.8) is 0 Å². The van der Waals surface area contributed by atoms with Crippen LogP contribution in [0.2, 0.25) is 0 Å². The first-order valence-electron chi connectivity index (χ1n) is 7.30. The molecule has 0 N–H and O–H groups in total. The number of rotatable bonds is 3. The molecule has 1 aromatic carbocycles. The molecule has 0 unspecified atom stereocenters. The molecule has 2 aliphatic rings. The molecule has 1 aromatic heterocycles. The van der Waals surface area contributed by atoms with Crippen molar-refractivity contribution >= 4 is 11.6 Å². The van der Waals surface area contributed by atoms with Gasteiger partial charge < -0.3 is 9.32 Å². The van der Waals surface area contributed by atoms with E-state index >= 15 is 0 Å². The standard InChI is InChI=1S/C16H14F2N2O2/c17-15(18)10-5-12(14-7-19-8-22-14)11-3-4-20(13(11)6-10)16(21)9-1-2-9/h5-9,15H,1-4H2. The predicted octanol–water partition coefficient (Wildman–Crippen LogP) is 3.58. The number of hydrogen-bond acceptors (Lipinski definition) is 3. The number of anilines is 1. The van der Waals surface area contributed by atoms with Crippen LogP contribution < -0.4 is 4.90 Å². The summed E-state index contributed by atoms with van der Waals surface area (Å²) in [5.74, 6) is 0.572. The summed E-state index contributed by atoms with van der Waals surface area (Å²) < 4.78 is 31.7. The third-order valence-corrected chi connectivity index (χ3v) is 4.27. The molecule has 0 radical (unpaired) electrons. The molecule has 0 saturated heterocycles. The maximum absolute atomic E-state index is 13.2. The molecule has 114 valence electrons. The van der Waals surface area contributed by atoms with Crippen LogP contribution in [0, 0.1) is 5.92 Å². The van der Waals surface area contributed by atoms with Gasteiger partial charge in [-0.2, -0.15) is 0 Å². The summed E-state index contributed by atoms with van der Waals surface area (Å²) in [6.45, 7) is 0.540. The van der Waals surface area contributed by atoms with Crippen molar-refractivity contribution in [2.45, 2.75) is 25.7 Å². The molecule has 2 aromatic rings. The number of benzene rings is 1. The summed E-state index contributed by atoms with van der Waals surface area (Å²) in [4.78, 5) is 17.9. The lowest BCUT2D eigenvalue weighted by molar-refractivity contribution is -0.119. The van der Waals surface area contributed by atoms with Crippen LogP contribution in [-0.4, -0.2) is 17.4 Å². The predicted molar refractivity (Wildman–Crippen MR) is 75.7 cm³/mol. The molecule has 1 fully saturated rings. The Balaban J connectivity index is 1.84. The molecule has 0 spiro atoms. The molecule has 1 aliphatic heterocycles. The number of alkyl halides is 2. The molecule has 1 aliphatic carbocycles. The minimum absolute atomic E-state index is 0.0497. The fraction of sp³-hybridized carbons (Fsp3) is 0.375. The average molecular weight is 304 g/mol. The van der Waals surface area contributed by atoms with Crippen LogP contribution in [-0.2, 0) is 11.2 Å². The van der Waals surface area contributed by atoms with Crippen molar-refractivity contribution in [3.05, 3.63) is 35.9 Å². The zero-order valence-electron chi connectivity index (χ0n) is 11.8. The van der Waals surface area contributed by atoms with Crippen molar-refractivity contribution in [2.24, 2.45) is 5.92 Å². The van der Waals surface area contributed by atoms with Crippen LogP contribution in [0.25, 0.3) is 11.3 Å². The molecule has 2 heterocycles. The summed E-state index contributed by atoms with van der Waals surface area (Å²) in [7, 11) is 0. The van der Waals surface area contributed by atoms with Crippen LogP contribution in [0.15, 0.2) is 29.1 Å². The van der Waals surface area contributed by atoms with Crippen molar-refractivity contribution in [2.75, 3.05) is 11.4 Å². The second-order valence-corrected chi connectivity index (χ2v) is 5.75.